The molecule has 4 rings (SSSR count). The first-order chi connectivity index (χ1) is 12.7. The number of carboxylic acids is 1. The molecule has 1 aliphatic carbocycles. The van der Waals surface area contributed by atoms with Crippen molar-refractivity contribution in [3.05, 3.63) is 39.9 Å². The first kappa shape index (κ1) is 21.1. The van der Waals surface area contributed by atoms with Gasteiger partial charge in [-0.05, 0) is 31.0 Å². The smallest absolute Gasteiger partial charge is 0.331 e. The first-order valence-electron chi connectivity index (χ1n) is 8.77. The Bertz CT molecular complexity index is 1050. The molecule has 1 unspecified atom stereocenters. The van der Waals surface area contributed by atoms with Gasteiger partial charge in [-0.25, -0.2) is 9.18 Å². The minimum atomic E-state index is -1.35. The van der Waals surface area contributed by atoms with E-state index in [2.05, 4.69) is 6.07 Å². The zero-order valence-electron chi connectivity index (χ0n) is 15.4. The Morgan fingerprint density at radius 2 is 2.11 bits per heavy atom. The molecule has 1 saturated carbocycles. The van der Waals surface area contributed by atoms with Gasteiger partial charge >= 0.3 is 5.97 Å². The van der Waals surface area contributed by atoms with E-state index in [4.69, 9.17) is 5.73 Å². The van der Waals surface area contributed by atoms with Gasteiger partial charge in [0, 0.05) is 58.0 Å². The number of benzene rings is 1. The molecule has 0 spiro atoms. The Labute approximate surface area is 185 Å². The summed E-state index contributed by atoms with van der Waals surface area (Å²) < 4.78 is 16.5. The number of anilines is 1. The second-order valence-electron chi connectivity index (χ2n) is 7.59. The summed E-state index contributed by atoms with van der Waals surface area (Å²) >= 11 is 0. The number of ketones is 1. The zero-order valence-corrected chi connectivity index (χ0v) is 18.2. The summed E-state index contributed by atoms with van der Waals surface area (Å²) in [6.45, 7) is 2.22. The molecule has 1 atom stereocenters. The number of carbonyl (C=O) groups excluding carboxylic acids is 1. The molecular formula is C19H19FN3O4Y-. The molecule has 3 N–H and O–H groups in total. The maximum Gasteiger partial charge on any atom is 0.331 e. The van der Waals surface area contributed by atoms with E-state index in [1.807, 2.05) is 0 Å². The summed E-state index contributed by atoms with van der Waals surface area (Å²) in [5, 5.41) is 9.20. The van der Waals surface area contributed by atoms with Gasteiger partial charge in [0.05, 0.1) is 23.3 Å². The van der Waals surface area contributed by atoms with Crippen LogP contribution in [0, 0.1) is 17.3 Å². The second kappa shape index (κ2) is 7.32. The summed E-state index contributed by atoms with van der Waals surface area (Å²) in [6.07, 6.45) is 3.04. The molecular weight excluding hydrogens is 442 g/mol. The van der Waals surface area contributed by atoms with Crippen molar-refractivity contribution in [2.45, 2.75) is 25.8 Å². The van der Waals surface area contributed by atoms with Crippen molar-refractivity contribution in [2.24, 2.45) is 11.1 Å². The molecule has 1 saturated heterocycles. The van der Waals surface area contributed by atoms with E-state index in [1.165, 1.54) is 12.3 Å². The summed E-state index contributed by atoms with van der Waals surface area (Å²) in [6, 6.07) is 4.03. The quantitative estimate of drug-likeness (QED) is 0.666. The Balaban J connectivity index is 0.00000225. The van der Waals surface area contributed by atoms with Gasteiger partial charge in [-0.15, -0.1) is 0 Å². The minimum Gasteiger partial charge on any atom is -0.478 e. The average Bonchev–Trinajstić information content (AvgIpc) is 3.41. The van der Waals surface area contributed by atoms with Crippen LogP contribution in [0.1, 0.15) is 36.2 Å². The van der Waals surface area contributed by atoms with Crippen LogP contribution >= 0.6 is 0 Å². The number of carboxylic acid groups (broad SMARTS) is 1. The molecule has 2 aliphatic rings. The van der Waals surface area contributed by atoms with Crippen molar-refractivity contribution in [3.63, 3.8) is 0 Å². The molecule has 0 amide bonds. The van der Waals surface area contributed by atoms with Crippen LogP contribution in [-0.2, 0) is 37.5 Å². The number of carbonyl (C=O) groups is 2. The third-order valence-corrected chi connectivity index (χ3v) is 5.52. The van der Waals surface area contributed by atoms with Gasteiger partial charge in [0.2, 0.25) is 0 Å². The summed E-state index contributed by atoms with van der Waals surface area (Å²) in [7, 11) is 0. The van der Waals surface area contributed by atoms with E-state index in [9.17, 15) is 23.9 Å². The molecule has 28 heavy (non-hydrogen) atoms. The standard InChI is InChI=1S/C19H19FN3O4.Y/c1-19(8-21)9-22(7-16(19)24)15-5-14-11(4-13(15)20)17(25)12(18(26)27)6-23(14)10-2-3-10;/h5-6,10H,2-3,7-9,21H2,1H3,(H,26,27);/q-1;. The largest absolute Gasteiger partial charge is 0.478 e. The molecule has 9 heteroatoms. The van der Waals surface area contributed by atoms with E-state index >= 15 is 0 Å². The third kappa shape index (κ3) is 3.31. The van der Waals surface area contributed by atoms with Crippen molar-refractivity contribution in [1.82, 2.24) is 4.57 Å². The van der Waals surface area contributed by atoms with E-state index in [-0.39, 0.29) is 75.2 Å². The summed E-state index contributed by atoms with van der Waals surface area (Å²) in [4.78, 5) is 37.7. The first-order valence-corrected chi connectivity index (χ1v) is 8.77. The van der Waals surface area contributed by atoms with Gasteiger partial charge in [0.25, 0.3) is 0 Å². The monoisotopic (exact) mass is 461 g/mol. The van der Waals surface area contributed by atoms with Crippen LogP contribution in [0.2, 0.25) is 0 Å². The van der Waals surface area contributed by atoms with Gasteiger partial charge in [-0.2, -0.15) is 0 Å². The average molecular weight is 461 g/mol. The Morgan fingerprint density at radius 3 is 2.64 bits per heavy atom. The number of nitrogens with zero attached hydrogens (tertiary/aromatic N) is 2. The SMILES string of the molecule is CC1(CN)CN(c2cc3c([c-]c2F)c(=O)c(C(=O)O)cn3C2CC2)CC1=O.[Y]. The number of rotatable bonds is 4. The summed E-state index contributed by atoms with van der Waals surface area (Å²) in [5.74, 6) is -2.19. The zero-order chi connectivity index (χ0) is 19.5. The number of aromatic nitrogens is 1. The molecule has 1 aromatic heterocycles. The van der Waals surface area contributed by atoms with Gasteiger partial charge < -0.3 is 25.1 Å². The number of nitrogens with two attached hydrogens (primary N) is 1. The summed E-state index contributed by atoms with van der Waals surface area (Å²) in [5.41, 5.74) is 4.41. The van der Waals surface area contributed by atoms with Gasteiger partial charge in [-0.1, -0.05) is 17.5 Å². The molecule has 1 radical (unpaired) electrons. The van der Waals surface area contributed by atoms with Crippen LogP contribution in [0.15, 0.2) is 17.1 Å². The van der Waals surface area contributed by atoms with Crippen LogP contribution in [-0.4, -0.2) is 41.1 Å². The van der Waals surface area contributed by atoms with Crippen molar-refractivity contribution in [1.29, 1.82) is 0 Å². The minimum absolute atomic E-state index is 0. The number of pyridine rings is 1. The number of Topliss-reactive ketones (excluding diaryl/α,β-unsaturated/α-hetero) is 1. The molecule has 1 aliphatic heterocycles. The van der Waals surface area contributed by atoms with Crippen LogP contribution in [0.4, 0.5) is 10.1 Å². The normalized spacial score (nSPS) is 21.8. The third-order valence-electron chi connectivity index (χ3n) is 5.52. The Hall–Kier alpha value is -1.64. The molecule has 2 fully saturated rings. The van der Waals surface area contributed by atoms with Crippen LogP contribution in [0.25, 0.3) is 10.9 Å². The molecule has 145 valence electrons. The van der Waals surface area contributed by atoms with Crippen molar-refractivity contribution >= 4 is 28.3 Å². The topological polar surface area (TPSA) is 106 Å². The van der Waals surface area contributed by atoms with Gasteiger partial charge in [0.15, 0.2) is 5.78 Å². The molecule has 7 nitrogen and oxygen atoms in total. The number of fused-ring (bicyclic) bond motifs is 1. The number of hydrogen-bond donors (Lipinski definition) is 2. The predicted molar refractivity (Wildman–Crippen MR) is 96.6 cm³/mol. The fraction of sp³-hybridized carbons (Fsp3) is 0.421. The molecule has 2 heterocycles. The van der Waals surface area contributed by atoms with Crippen molar-refractivity contribution in [3.8, 4) is 0 Å². The van der Waals surface area contributed by atoms with Crippen molar-refractivity contribution in [2.75, 3.05) is 24.5 Å². The molecule has 2 aromatic rings. The Morgan fingerprint density at radius 1 is 1.43 bits per heavy atom. The van der Waals surface area contributed by atoms with Gasteiger partial charge in [0.1, 0.15) is 5.43 Å². The van der Waals surface area contributed by atoms with Crippen molar-refractivity contribution < 1.29 is 51.8 Å². The van der Waals surface area contributed by atoms with E-state index < -0.39 is 28.2 Å². The number of halogens is 1. The number of hydrogen-bond acceptors (Lipinski definition) is 5. The predicted octanol–water partition coefficient (Wildman–Crippen LogP) is 1.33. The fourth-order valence-corrected chi connectivity index (χ4v) is 3.60. The maximum atomic E-state index is 14.8. The Kier molecular flexibility index (Phi) is 5.51. The second-order valence-corrected chi connectivity index (χ2v) is 7.59. The maximum absolute atomic E-state index is 14.8. The van der Waals surface area contributed by atoms with E-state index in [0.29, 0.717) is 5.52 Å². The molecule has 1 aromatic carbocycles. The van der Waals surface area contributed by atoms with Crippen LogP contribution in [0.5, 0.6) is 0 Å². The van der Waals surface area contributed by atoms with E-state index in [0.717, 1.165) is 12.8 Å². The molecule has 0 bridgehead atoms. The van der Waals surface area contributed by atoms with Crippen LogP contribution in [0.3, 0.4) is 0 Å². The van der Waals surface area contributed by atoms with Gasteiger partial charge in [-0.3, -0.25) is 4.79 Å². The van der Waals surface area contributed by atoms with E-state index in [1.54, 1.807) is 16.4 Å². The number of aromatic carboxylic acids is 1. The van der Waals surface area contributed by atoms with Crippen LogP contribution < -0.4 is 16.1 Å². The fourth-order valence-electron chi connectivity index (χ4n) is 3.60.